The molecule has 2 nitrogen and oxygen atoms in total. The van der Waals surface area contributed by atoms with E-state index < -0.39 is 0 Å². The van der Waals surface area contributed by atoms with Gasteiger partial charge < -0.3 is 5.11 Å². The largest absolute Gasteiger partial charge is 0.508 e. The molecule has 1 heterocycles. The number of hydrogen-bond acceptors (Lipinski definition) is 1. The summed E-state index contributed by atoms with van der Waals surface area (Å²) in [6.45, 7) is 0. The monoisotopic (exact) mass is 262 g/mol. The van der Waals surface area contributed by atoms with Crippen molar-refractivity contribution in [1.29, 1.82) is 0 Å². The molecule has 0 atom stereocenters. The van der Waals surface area contributed by atoms with Gasteiger partial charge in [-0.3, -0.25) is 0 Å². The molecule has 0 saturated carbocycles. The fourth-order valence-corrected chi connectivity index (χ4v) is 2.17. The first-order chi connectivity index (χ1) is 9.70. The van der Waals surface area contributed by atoms with Gasteiger partial charge in [0.15, 0.2) is 12.4 Å². The van der Waals surface area contributed by atoms with Crippen molar-refractivity contribution in [2.24, 2.45) is 7.05 Å². The molecular weight excluding hydrogens is 246 g/mol. The topological polar surface area (TPSA) is 24.1 Å². The number of rotatable bonds is 2. The third-order valence-corrected chi connectivity index (χ3v) is 3.32. The van der Waals surface area contributed by atoms with E-state index in [2.05, 4.69) is 36.4 Å². The van der Waals surface area contributed by atoms with E-state index in [9.17, 15) is 5.11 Å². The fraction of sp³-hybridized carbons (Fsp3) is 0.0556. The second-order valence-electron chi connectivity index (χ2n) is 4.92. The Morgan fingerprint density at radius 2 is 1.45 bits per heavy atom. The van der Waals surface area contributed by atoms with E-state index >= 15 is 0 Å². The summed E-state index contributed by atoms with van der Waals surface area (Å²) in [4.78, 5) is 0. The second-order valence-corrected chi connectivity index (χ2v) is 4.92. The van der Waals surface area contributed by atoms with Crippen molar-refractivity contribution in [1.82, 2.24) is 0 Å². The van der Waals surface area contributed by atoms with Gasteiger partial charge in [0.1, 0.15) is 12.8 Å². The van der Waals surface area contributed by atoms with Crippen LogP contribution in [0, 0.1) is 0 Å². The number of benzene rings is 2. The van der Waals surface area contributed by atoms with Gasteiger partial charge in [-0.1, -0.05) is 30.4 Å². The number of pyridine rings is 1. The van der Waals surface area contributed by atoms with E-state index in [4.69, 9.17) is 0 Å². The summed E-state index contributed by atoms with van der Waals surface area (Å²) in [5.74, 6) is 0.304. The van der Waals surface area contributed by atoms with E-state index in [0.717, 1.165) is 16.3 Å². The highest BCUT2D eigenvalue weighted by atomic mass is 16.3. The van der Waals surface area contributed by atoms with Gasteiger partial charge in [-0.25, -0.2) is 4.57 Å². The molecule has 2 heteroatoms. The molecule has 0 aliphatic carbocycles. The van der Waals surface area contributed by atoms with Crippen LogP contribution in [0.15, 0.2) is 60.9 Å². The van der Waals surface area contributed by atoms with Crippen LogP contribution in [0.3, 0.4) is 0 Å². The Labute approximate surface area is 118 Å². The first kappa shape index (κ1) is 12.4. The van der Waals surface area contributed by atoms with Gasteiger partial charge in [0.25, 0.3) is 0 Å². The number of aromatic nitrogens is 1. The Hall–Kier alpha value is -2.61. The predicted octanol–water partition coefficient (Wildman–Crippen LogP) is 3.54. The van der Waals surface area contributed by atoms with E-state index in [1.54, 1.807) is 12.1 Å². The van der Waals surface area contributed by atoms with E-state index in [0.29, 0.717) is 5.75 Å². The number of phenolic OH excluding ortho intramolecular Hbond substituents is 1. The third-order valence-electron chi connectivity index (χ3n) is 3.32. The smallest absolute Gasteiger partial charge is 0.169 e. The number of hydrogen-bond donors (Lipinski definition) is 1. The summed E-state index contributed by atoms with van der Waals surface area (Å²) in [7, 11) is 2.01. The van der Waals surface area contributed by atoms with Crippen molar-refractivity contribution >= 4 is 22.9 Å². The molecule has 0 spiro atoms. The second kappa shape index (κ2) is 5.17. The van der Waals surface area contributed by atoms with Crippen molar-refractivity contribution in [2.75, 3.05) is 0 Å². The van der Waals surface area contributed by atoms with E-state index in [1.165, 1.54) is 5.56 Å². The first-order valence-corrected chi connectivity index (χ1v) is 6.57. The Balaban J connectivity index is 1.90. The van der Waals surface area contributed by atoms with Gasteiger partial charge in [0.2, 0.25) is 0 Å². The fourth-order valence-electron chi connectivity index (χ4n) is 2.17. The molecule has 0 saturated heterocycles. The molecule has 0 radical (unpaired) electrons. The van der Waals surface area contributed by atoms with Crippen LogP contribution in [-0.4, -0.2) is 5.11 Å². The van der Waals surface area contributed by atoms with Crippen LogP contribution in [0.4, 0.5) is 0 Å². The number of aryl methyl sites for hydroxylation is 1. The van der Waals surface area contributed by atoms with Gasteiger partial charge >= 0.3 is 0 Å². The molecule has 20 heavy (non-hydrogen) atoms. The van der Waals surface area contributed by atoms with Crippen molar-refractivity contribution in [3.05, 3.63) is 72.1 Å². The summed E-state index contributed by atoms with van der Waals surface area (Å²) in [6, 6.07) is 15.8. The van der Waals surface area contributed by atoms with Crippen LogP contribution in [0.1, 0.15) is 11.1 Å². The van der Waals surface area contributed by atoms with Gasteiger partial charge in [-0.2, -0.15) is 0 Å². The first-order valence-electron chi connectivity index (χ1n) is 6.57. The number of fused-ring (bicyclic) bond motifs is 1. The van der Waals surface area contributed by atoms with Gasteiger partial charge in [0, 0.05) is 12.1 Å². The Kier molecular flexibility index (Phi) is 3.21. The van der Waals surface area contributed by atoms with E-state index in [1.807, 2.05) is 36.1 Å². The zero-order valence-corrected chi connectivity index (χ0v) is 11.3. The van der Waals surface area contributed by atoms with Crippen LogP contribution in [0.25, 0.3) is 22.9 Å². The standard InChI is InChI=1S/C18H15NO/c1-19-10-8-14(9-11-19)2-3-15-4-5-17-13-18(20)7-6-16(17)12-15/h2-13H,1H3/p+1. The molecule has 1 aromatic heterocycles. The van der Waals surface area contributed by atoms with Crippen LogP contribution in [-0.2, 0) is 7.05 Å². The molecule has 0 fully saturated rings. The lowest BCUT2D eigenvalue weighted by molar-refractivity contribution is -0.671. The third kappa shape index (κ3) is 2.69. The number of nitrogens with zero attached hydrogens (tertiary/aromatic N) is 1. The highest BCUT2D eigenvalue weighted by molar-refractivity contribution is 5.87. The van der Waals surface area contributed by atoms with Crippen LogP contribution in [0.5, 0.6) is 5.75 Å². The average Bonchev–Trinajstić information content (AvgIpc) is 2.46. The molecule has 3 rings (SSSR count). The molecule has 0 bridgehead atoms. The summed E-state index contributed by atoms with van der Waals surface area (Å²) in [5, 5.41) is 11.6. The average molecular weight is 262 g/mol. The summed E-state index contributed by atoms with van der Waals surface area (Å²) >= 11 is 0. The summed E-state index contributed by atoms with van der Waals surface area (Å²) < 4.78 is 2.01. The normalized spacial score (nSPS) is 11.2. The number of aromatic hydroxyl groups is 1. The molecular formula is C18H16NO+. The minimum absolute atomic E-state index is 0.304. The molecule has 2 aromatic carbocycles. The van der Waals surface area contributed by atoms with Gasteiger partial charge in [-0.15, -0.1) is 0 Å². The SMILES string of the molecule is C[n+]1ccc(C=Cc2ccc3cc(O)ccc3c2)cc1. The van der Waals surface area contributed by atoms with Crippen LogP contribution >= 0.6 is 0 Å². The Morgan fingerprint density at radius 3 is 2.25 bits per heavy atom. The lowest BCUT2D eigenvalue weighted by atomic mass is 10.1. The minimum Gasteiger partial charge on any atom is -0.508 e. The summed E-state index contributed by atoms with van der Waals surface area (Å²) in [5.41, 5.74) is 2.32. The highest BCUT2D eigenvalue weighted by Gasteiger charge is 1.96. The predicted molar refractivity (Wildman–Crippen MR) is 82.2 cm³/mol. The molecule has 0 amide bonds. The quantitative estimate of drug-likeness (QED) is 0.702. The molecule has 0 unspecified atom stereocenters. The van der Waals surface area contributed by atoms with Gasteiger partial charge in [0.05, 0.1) is 0 Å². The lowest BCUT2D eigenvalue weighted by Gasteiger charge is -2.00. The Bertz CT molecular complexity index is 773. The van der Waals surface area contributed by atoms with Crippen molar-refractivity contribution in [3.63, 3.8) is 0 Å². The zero-order valence-electron chi connectivity index (χ0n) is 11.3. The zero-order chi connectivity index (χ0) is 13.9. The molecule has 1 N–H and O–H groups in total. The van der Waals surface area contributed by atoms with Gasteiger partial charge in [-0.05, 0) is 40.1 Å². The molecule has 98 valence electrons. The molecule has 0 aliphatic heterocycles. The summed E-state index contributed by atoms with van der Waals surface area (Å²) in [6.07, 6.45) is 8.26. The minimum atomic E-state index is 0.304. The van der Waals surface area contributed by atoms with Crippen molar-refractivity contribution in [2.45, 2.75) is 0 Å². The highest BCUT2D eigenvalue weighted by Crippen LogP contribution is 2.21. The lowest BCUT2D eigenvalue weighted by Crippen LogP contribution is -2.25. The number of phenols is 1. The van der Waals surface area contributed by atoms with Crippen molar-refractivity contribution in [3.8, 4) is 5.75 Å². The maximum absolute atomic E-state index is 9.46. The molecule has 0 aliphatic rings. The van der Waals surface area contributed by atoms with E-state index in [-0.39, 0.29) is 0 Å². The van der Waals surface area contributed by atoms with Crippen molar-refractivity contribution < 1.29 is 9.67 Å². The maximum Gasteiger partial charge on any atom is 0.169 e. The molecule has 3 aromatic rings. The Morgan fingerprint density at radius 1 is 0.800 bits per heavy atom. The maximum atomic E-state index is 9.46. The van der Waals surface area contributed by atoms with Crippen LogP contribution < -0.4 is 4.57 Å². The van der Waals surface area contributed by atoms with Crippen LogP contribution in [0.2, 0.25) is 0 Å².